The second-order valence-electron chi connectivity index (χ2n) is 19.3. The van der Waals surface area contributed by atoms with Crippen LogP contribution in [0.4, 0.5) is 0 Å². The molecule has 1 saturated heterocycles. The molecule has 1 heterocycles. The summed E-state index contributed by atoms with van der Waals surface area (Å²) in [6, 6.07) is -1.03. The quantitative estimate of drug-likeness (QED) is 0.0196. The first-order chi connectivity index (χ1) is 33.7. The van der Waals surface area contributed by atoms with Crippen molar-refractivity contribution in [2.75, 3.05) is 13.2 Å². The van der Waals surface area contributed by atoms with Crippen LogP contribution in [0.3, 0.4) is 0 Å². The van der Waals surface area contributed by atoms with Gasteiger partial charge in [-0.1, -0.05) is 216 Å². The van der Waals surface area contributed by atoms with E-state index in [9.17, 15) is 35.1 Å². The number of esters is 1. The zero-order chi connectivity index (χ0) is 50.4. The molecule has 400 valence electrons. The van der Waals surface area contributed by atoms with Crippen LogP contribution in [0.25, 0.3) is 0 Å². The number of nitrogens with one attached hydrogen (secondary N) is 1. The van der Waals surface area contributed by atoms with E-state index in [0.29, 0.717) is 12.8 Å². The van der Waals surface area contributed by atoms with Crippen LogP contribution in [0.5, 0.6) is 0 Å². The van der Waals surface area contributed by atoms with Crippen molar-refractivity contribution in [3.8, 4) is 0 Å². The molecule has 0 aromatic carbocycles. The predicted molar refractivity (Wildman–Crippen MR) is 283 cm³/mol. The minimum Gasteiger partial charge on any atom is -0.454 e. The molecule has 11 heteroatoms. The maximum absolute atomic E-state index is 13.3. The van der Waals surface area contributed by atoms with Crippen LogP contribution in [0.15, 0.2) is 60.8 Å². The predicted octanol–water partition coefficient (Wildman–Crippen LogP) is 12.3. The van der Waals surface area contributed by atoms with E-state index in [1.807, 2.05) is 6.08 Å². The number of unbranched alkanes of at least 4 members (excludes halogenated alkanes) is 24. The first-order valence-electron chi connectivity index (χ1n) is 28.1. The van der Waals surface area contributed by atoms with Gasteiger partial charge in [-0.3, -0.25) is 9.59 Å². The van der Waals surface area contributed by atoms with Crippen LogP contribution in [0.2, 0.25) is 0 Å². The second-order valence-corrected chi connectivity index (χ2v) is 19.3. The Bertz CT molecular complexity index is 1350. The van der Waals surface area contributed by atoms with Gasteiger partial charge in [0.25, 0.3) is 0 Å². The fraction of sp³-hybridized carbons (Fsp3) is 0.793. The van der Waals surface area contributed by atoms with Crippen LogP contribution < -0.4 is 5.32 Å². The monoisotopic (exact) mass is 974 g/mol. The fourth-order valence-corrected chi connectivity index (χ4v) is 8.40. The molecule has 0 bridgehead atoms. The van der Waals surface area contributed by atoms with Crippen molar-refractivity contribution >= 4 is 11.9 Å². The van der Waals surface area contributed by atoms with Gasteiger partial charge in [0.1, 0.15) is 24.4 Å². The third kappa shape index (κ3) is 35.2. The number of hydrogen-bond acceptors (Lipinski definition) is 10. The molecule has 0 saturated carbocycles. The molecule has 6 N–H and O–H groups in total. The van der Waals surface area contributed by atoms with E-state index < -0.39 is 67.4 Å². The summed E-state index contributed by atoms with van der Waals surface area (Å²) < 4.78 is 17.5. The molecule has 1 fully saturated rings. The third-order valence-corrected chi connectivity index (χ3v) is 12.9. The number of rotatable bonds is 46. The first kappa shape index (κ1) is 64.4. The van der Waals surface area contributed by atoms with E-state index in [-0.39, 0.29) is 19.4 Å². The number of aliphatic hydroxyl groups is 5. The van der Waals surface area contributed by atoms with Gasteiger partial charge < -0.3 is 45.1 Å². The Labute approximate surface area is 420 Å². The smallest absolute Gasteiger partial charge is 0.306 e. The van der Waals surface area contributed by atoms with Crippen LogP contribution >= 0.6 is 0 Å². The Balaban J connectivity index is 2.73. The van der Waals surface area contributed by atoms with Gasteiger partial charge in [0.2, 0.25) is 5.91 Å². The Hall–Kier alpha value is -2.64. The summed E-state index contributed by atoms with van der Waals surface area (Å²) >= 11 is 0. The topological polar surface area (TPSA) is 175 Å². The standard InChI is InChI=1S/C58H103NO10/c1-4-7-10-13-16-19-22-23-24-25-26-27-28-29-31-34-37-40-43-46-53(63)69-56-55(65)54(64)52(47-60)68-58(56)67-48-49(50(61)44-41-38-35-33-30-20-17-14-11-8-5-2)59-57(66)51(62)45-42-39-36-32-21-18-15-12-9-6-3/h16,19,23-24,26-27,29,31,41,44,49-52,54-56,58,60-62,64-65H,4-15,17-18,20-22,25,28,30,32-40,42-43,45-48H2,1-3H3,(H,59,66)/b19-16-,24-23-,27-26-,31-29-,44-41+. The zero-order valence-corrected chi connectivity index (χ0v) is 43.9. The molecule has 0 aliphatic carbocycles. The Morgan fingerprint density at radius 2 is 1.00 bits per heavy atom. The second kappa shape index (κ2) is 46.4. The number of hydrogen-bond donors (Lipinski definition) is 6. The van der Waals surface area contributed by atoms with E-state index in [0.717, 1.165) is 77.0 Å². The number of carbonyl (C=O) groups excluding carboxylic acids is 2. The van der Waals surface area contributed by atoms with Crippen molar-refractivity contribution in [3.05, 3.63) is 60.8 Å². The fourth-order valence-electron chi connectivity index (χ4n) is 8.40. The zero-order valence-electron chi connectivity index (χ0n) is 43.9. The Kier molecular flexibility index (Phi) is 43.3. The van der Waals surface area contributed by atoms with E-state index in [4.69, 9.17) is 14.2 Å². The molecule has 0 aromatic heterocycles. The molecule has 1 amide bonds. The van der Waals surface area contributed by atoms with E-state index in [1.165, 1.54) is 109 Å². The maximum Gasteiger partial charge on any atom is 0.306 e. The first-order valence-corrected chi connectivity index (χ1v) is 28.1. The maximum atomic E-state index is 13.3. The average Bonchev–Trinajstić information content (AvgIpc) is 3.34. The summed E-state index contributed by atoms with van der Waals surface area (Å²) in [6.07, 6.45) is 45.6. The van der Waals surface area contributed by atoms with Crippen LogP contribution in [-0.2, 0) is 23.8 Å². The highest BCUT2D eigenvalue weighted by Crippen LogP contribution is 2.26. The molecule has 0 radical (unpaired) electrons. The largest absolute Gasteiger partial charge is 0.454 e. The van der Waals surface area contributed by atoms with Gasteiger partial charge in [-0.05, 0) is 70.6 Å². The SMILES string of the molecule is CCCCC/C=C\C/C=C\C/C=C\C/C=C\CCCCCC(=O)OC1C(OCC(NC(=O)C(O)CCCCCCCCCCCC)C(O)/C=C/CCCCCCCCCCC)OC(CO)C(O)C1O. The summed E-state index contributed by atoms with van der Waals surface area (Å²) in [4.78, 5) is 26.4. The summed E-state index contributed by atoms with van der Waals surface area (Å²) in [5.74, 6) is -1.23. The number of allylic oxidation sites excluding steroid dienone is 9. The molecule has 1 aliphatic heterocycles. The molecule has 0 spiro atoms. The van der Waals surface area contributed by atoms with Gasteiger partial charge in [0, 0.05) is 6.42 Å². The lowest BCUT2D eigenvalue weighted by Gasteiger charge is -2.41. The lowest BCUT2D eigenvalue weighted by molar-refractivity contribution is -0.305. The van der Waals surface area contributed by atoms with Crippen molar-refractivity contribution in [2.45, 2.75) is 282 Å². The van der Waals surface area contributed by atoms with Crippen molar-refractivity contribution in [1.82, 2.24) is 5.32 Å². The highest BCUT2D eigenvalue weighted by Gasteiger charge is 2.47. The minimum atomic E-state index is -1.63. The summed E-state index contributed by atoms with van der Waals surface area (Å²) in [5.41, 5.74) is 0. The van der Waals surface area contributed by atoms with E-state index in [1.54, 1.807) is 6.08 Å². The van der Waals surface area contributed by atoms with Gasteiger partial charge >= 0.3 is 5.97 Å². The molecule has 1 rings (SSSR count). The van der Waals surface area contributed by atoms with Crippen LogP contribution in [0, 0.1) is 0 Å². The Morgan fingerprint density at radius 1 is 0.565 bits per heavy atom. The number of ether oxygens (including phenoxy) is 3. The number of amides is 1. The average molecular weight is 974 g/mol. The highest BCUT2D eigenvalue weighted by atomic mass is 16.7. The summed E-state index contributed by atoms with van der Waals surface area (Å²) in [5, 5.41) is 56.6. The van der Waals surface area contributed by atoms with Gasteiger partial charge in [0.15, 0.2) is 12.4 Å². The molecule has 1 aliphatic rings. The van der Waals surface area contributed by atoms with Gasteiger partial charge in [-0.15, -0.1) is 0 Å². The Morgan fingerprint density at radius 3 is 1.52 bits per heavy atom. The normalized spacial score (nSPS) is 20.3. The lowest BCUT2D eigenvalue weighted by atomic mass is 9.99. The highest BCUT2D eigenvalue weighted by molar-refractivity contribution is 5.80. The number of carbonyl (C=O) groups is 2. The molecule has 0 aromatic rings. The van der Waals surface area contributed by atoms with E-state index in [2.05, 4.69) is 74.7 Å². The van der Waals surface area contributed by atoms with Crippen molar-refractivity contribution in [3.63, 3.8) is 0 Å². The van der Waals surface area contributed by atoms with Gasteiger partial charge in [0.05, 0.1) is 25.4 Å². The van der Waals surface area contributed by atoms with Gasteiger partial charge in [-0.25, -0.2) is 0 Å². The molecule has 8 atom stereocenters. The van der Waals surface area contributed by atoms with Crippen molar-refractivity contribution in [1.29, 1.82) is 0 Å². The molecular formula is C58H103NO10. The van der Waals surface area contributed by atoms with Crippen molar-refractivity contribution < 1.29 is 49.3 Å². The van der Waals surface area contributed by atoms with Crippen molar-refractivity contribution in [2.24, 2.45) is 0 Å². The third-order valence-electron chi connectivity index (χ3n) is 12.9. The molecule has 8 unspecified atom stereocenters. The lowest BCUT2D eigenvalue weighted by Crippen LogP contribution is -2.61. The summed E-state index contributed by atoms with van der Waals surface area (Å²) in [7, 11) is 0. The summed E-state index contributed by atoms with van der Waals surface area (Å²) in [6.45, 7) is 5.70. The molecular weight excluding hydrogens is 871 g/mol. The minimum absolute atomic E-state index is 0.0855. The number of aliphatic hydroxyl groups excluding tert-OH is 5. The van der Waals surface area contributed by atoms with Crippen LogP contribution in [0.1, 0.15) is 233 Å². The molecule has 69 heavy (non-hydrogen) atoms. The van der Waals surface area contributed by atoms with E-state index >= 15 is 0 Å². The van der Waals surface area contributed by atoms with Gasteiger partial charge in [-0.2, -0.15) is 0 Å². The van der Waals surface area contributed by atoms with Crippen LogP contribution in [-0.4, -0.2) is 99.6 Å². The molecule has 11 nitrogen and oxygen atoms in total.